The number of ether oxygens (including phenoxy) is 1. The average Bonchev–Trinajstić information content (AvgIpc) is 3.04. The summed E-state index contributed by atoms with van der Waals surface area (Å²) in [7, 11) is -4.36. The monoisotopic (exact) mass is 669 g/mol. The number of anilines is 1. The van der Waals surface area contributed by atoms with Crippen molar-refractivity contribution in [1.29, 1.82) is 0 Å². The van der Waals surface area contributed by atoms with Crippen molar-refractivity contribution in [2.75, 3.05) is 5.32 Å². The second kappa shape index (κ2) is 14.5. The van der Waals surface area contributed by atoms with Crippen LogP contribution in [0.2, 0.25) is 0 Å². The quantitative estimate of drug-likeness (QED) is 0.140. The number of para-hydroxylation sites is 1. The lowest BCUT2D eigenvalue weighted by Crippen LogP contribution is -2.18. The van der Waals surface area contributed by atoms with Crippen molar-refractivity contribution in [3.63, 3.8) is 0 Å². The second-order valence-electron chi connectivity index (χ2n) is 12.7. The molecule has 8 nitrogen and oxygen atoms in total. The number of halogens is 1. The third-order valence-corrected chi connectivity index (χ3v) is 9.35. The average molecular weight is 670 g/mol. The van der Waals surface area contributed by atoms with E-state index in [0.717, 1.165) is 11.1 Å². The zero-order chi connectivity index (χ0) is 34.6. The summed E-state index contributed by atoms with van der Waals surface area (Å²) in [6.07, 6.45) is -0.724. The molecular formula is C38H40FN3O5S. The Morgan fingerprint density at radius 2 is 1.46 bits per heavy atom. The summed E-state index contributed by atoms with van der Waals surface area (Å²) in [6.45, 7) is 12.1. The predicted molar refractivity (Wildman–Crippen MR) is 186 cm³/mol. The number of carbonyl (C=O) groups excluding carboxylic acids is 1. The van der Waals surface area contributed by atoms with E-state index in [-0.39, 0.29) is 53.1 Å². The first-order chi connectivity index (χ1) is 22.8. The zero-order valence-electron chi connectivity index (χ0n) is 28.0. The fourth-order valence-corrected chi connectivity index (χ4v) is 7.00. The van der Waals surface area contributed by atoms with Gasteiger partial charge in [-0.2, -0.15) is 13.4 Å². The van der Waals surface area contributed by atoms with Crippen LogP contribution in [-0.4, -0.2) is 24.5 Å². The molecule has 1 amide bonds. The Morgan fingerprint density at radius 3 is 2.10 bits per heavy atom. The lowest BCUT2D eigenvalue weighted by molar-refractivity contribution is 0.155. The third kappa shape index (κ3) is 7.99. The summed E-state index contributed by atoms with van der Waals surface area (Å²) in [5.74, 6) is -0.423. The molecule has 5 rings (SSSR count). The van der Waals surface area contributed by atoms with Gasteiger partial charge in [0.05, 0.1) is 16.6 Å². The van der Waals surface area contributed by atoms with E-state index >= 15 is 0 Å². The molecule has 0 aliphatic rings. The molecule has 0 spiro atoms. The van der Waals surface area contributed by atoms with E-state index in [1.54, 1.807) is 24.3 Å². The van der Waals surface area contributed by atoms with Gasteiger partial charge in [0.25, 0.3) is 0 Å². The number of carbonyl (C=O) groups is 1. The van der Waals surface area contributed by atoms with Crippen LogP contribution < -0.4 is 9.50 Å². The van der Waals surface area contributed by atoms with Crippen LogP contribution in [0.3, 0.4) is 0 Å². The summed E-state index contributed by atoms with van der Waals surface area (Å²) in [4.78, 5) is 22.0. The van der Waals surface area contributed by atoms with E-state index < -0.39 is 22.0 Å². The van der Waals surface area contributed by atoms with Crippen molar-refractivity contribution in [1.82, 2.24) is 9.97 Å². The predicted octanol–water partition coefficient (Wildman–Crippen LogP) is 9.25. The molecule has 0 saturated carbocycles. The number of fused-ring (bicyclic) bond motifs is 1. The van der Waals surface area contributed by atoms with Gasteiger partial charge in [-0.05, 0) is 69.8 Å². The fraction of sp³-hybridized carbons (Fsp3) is 0.289. The van der Waals surface area contributed by atoms with Gasteiger partial charge in [-0.15, -0.1) is 0 Å². The Hall–Kier alpha value is -4.83. The van der Waals surface area contributed by atoms with Crippen LogP contribution in [0.5, 0.6) is 5.88 Å². The van der Waals surface area contributed by atoms with Gasteiger partial charge < -0.3 is 8.92 Å². The molecule has 0 fully saturated rings. The molecule has 0 atom stereocenters. The maximum atomic E-state index is 14.3. The van der Waals surface area contributed by atoms with Crippen molar-refractivity contribution in [2.24, 2.45) is 0 Å². The normalized spacial score (nSPS) is 11.8. The number of hydrogen-bond donors (Lipinski definition) is 1. The van der Waals surface area contributed by atoms with Gasteiger partial charge in [0.1, 0.15) is 23.1 Å². The Balaban J connectivity index is 1.50. The van der Waals surface area contributed by atoms with E-state index in [0.29, 0.717) is 27.6 Å². The van der Waals surface area contributed by atoms with Crippen LogP contribution in [0.4, 0.5) is 14.9 Å². The van der Waals surface area contributed by atoms with Crippen molar-refractivity contribution >= 4 is 32.8 Å². The molecule has 0 radical (unpaired) electrons. The van der Waals surface area contributed by atoms with Gasteiger partial charge in [-0.1, -0.05) is 102 Å². The maximum absolute atomic E-state index is 14.3. The molecule has 1 N–H and O–H groups in total. The van der Waals surface area contributed by atoms with Crippen LogP contribution in [-0.2, 0) is 27.9 Å². The standard InChI is InChI=1S/C38H40FN3O5S/c1-23(2)28-18-31(24(3)4)36(32(19-28)25(5)6)48(44,45)47-37-30-14-10-11-15-33(30)40-35(42-37)20-27-16-17-29(39)21-34(27)41-38(43)46-22-26-12-8-7-9-13-26/h7-19,21,23-25H,20,22H2,1-6H3,(H,41,43). The highest BCUT2D eigenvalue weighted by Gasteiger charge is 2.30. The minimum absolute atomic E-state index is 0.0351. The van der Waals surface area contributed by atoms with Gasteiger partial charge in [-0.3, -0.25) is 5.32 Å². The minimum Gasteiger partial charge on any atom is -0.444 e. The first-order valence-electron chi connectivity index (χ1n) is 16.0. The first kappa shape index (κ1) is 34.5. The molecule has 250 valence electrons. The maximum Gasteiger partial charge on any atom is 0.411 e. The highest BCUT2D eigenvalue weighted by molar-refractivity contribution is 7.87. The molecule has 0 bridgehead atoms. The highest BCUT2D eigenvalue weighted by Crippen LogP contribution is 2.37. The summed E-state index contributed by atoms with van der Waals surface area (Å²) >= 11 is 0. The van der Waals surface area contributed by atoms with E-state index in [1.807, 2.05) is 70.2 Å². The van der Waals surface area contributed by atoms with Gasteiger partial charge in [0.2, 0.25) is 5.88 Å². The van der Waals surface area contributed by atoms with E-state index in [1.165, 1.54) is 18.2 Å². The smallest absolute Gasteiger partial charge is 0.411 e. The number of amides is 1. The Labute approximate surface area is 281 Å². The van der Waals surface area contributed by atoms with E-state index in [2.05, 4.69) is 29.1 Å². The van der Waals surface area contributed by atoms with Crippen molar-refractivity contribution in [2.45, 2.75) is 77.2 Å². The molecule has 1 aromatic heterocycles. The molecular weight excluding hydrogens is 629 g/mol. The minimum atomic E-state index is -4.36. The SMILES string of the molecule is CC(C)c1cc(C(C)C)c(S(=O)(=O)Oc2nc(Cc3ccc(F)cc3NC(=O)OCc3ccccc3)nc3ccccc23)c(C(C)C)c1. The number of rotatable bonds is 11. The Bertz CT molecular complexity index is 2020. The topological polar surface area (TPSA) is 107 Å². The van der Waals surface area contributed by atoms with E-state index in [4.69, 9.17) is 8.92 Å². The molecule has 1 heterocycles. The fourth-order valence-electron chi connectivity index (χ4n) is 5.42. The summed E-state index contributed by atoms with van der Waals surface area (Å²) in [6, 6.07) is 24.0. The molecule has 10 heteroatoms. The van der Waals surface area contributed by atoms with Gasteiger partial charge in [0, 0.05) is 6.42 Å². The molecule has 0 aliphatic carbocycles. The van der Waals surface area contributed by atoms with Crippen molar-refractivity contribution < 1.29 is 26.5 Å². The highest BCUT2D eigenvalue weighted by atomic mass is 32.2. The summed E-state index contributed by atoms with van der Waals surface area (Å²) in [5, 5.41) is 3.03. The molecule has 48 heavy (non-hydrogen) atoms. The number of aromatic nitrogens is 2. The Morgan fingerprint density at radius 1 is 0.812 bits per heavy atom. The summed E-state index contributed by atoms with van der Waals surface area (Å²) in [5.41, 5.74) is 4.36. The second-order valence-corrected chi connectivity index (χ2v) is 14.1. The molecule has 0 unspecified atom stereocenters. The number of hydrogen-bond acceptors (Lipinski definition) is 7. The van der Waals surface area contributed by atoms with Gasteiger partial charge >= 0.3 is 16.2 Å². The lowest BCUT2D eigenvalue weighted by atomic mass is 9.89. The molecule has 4 aromatic carbocycles. The van der Waals surface area contributed by atoms with Crippen LogP contribution in [0.15, 0.2) is 89.8 Å². The molecule has 0 saturated heterocycles. The van der Waals surface area contributed by atoms with Crippen molar-refractivity contribution in [3.05, 3.63) is 124 Å². The first-order valence-corrected chi connectivity index (χ1v) is 17.4. The van der Waals surface area contributed by atoms with Crippen LogP contribution in [0.1, 0.15) is 92.9 Å². The Kier molecular flexibility index (Phi) is 10.4. The van der Waals surface area contributed by atoms with Crippen LogP contribution in [0.25, 0.3) is 10.9 Å². The van der Waals surface area contributed by atoms with E-state index in [9.17, 15) is 17.6 Å². The lowest BCUT2D eigenvalue weighted by Gasteiger charge is -2.22. The molecule has 5 aromatic rings. The number of nitrogens with zero attached hydrogens (tertiary/aromatic N) is 2. The van der Waals surface area contributed by atoms with Gasteiger partial charge in [0.15, 0.2) is 0 Å². The van der Waals surface area contributed by atoms with Crippen molar-refractivity contribution in [3.8, 4) is 5.88 Å². The molecule has 0 aliphatic heterocycles. The largest absolute Gasteiger partial charge is 0.444 e. The number of benzene rings is 4. The summed E-state index contributed by atoms with van der Waals surface area (Å²) < 4.78 is 54.1. The van der Waals surface area contributed by atoms with Gasteiger partial charge in [-0.25, -0.2) is 14.2 Å². The zero-order valence-corrected chi connectivity index (χ0v) is 28.8. The number of nitrogens with one attached hydrogen (secondary N) is 1. The third-order valence-electron chi connectivity index (χ3n) is 8.00. The van der Waals surface area contributed by atoms with Crippen LogP contribution >= 0.6 is 0 Å². The van der Waals surface area contributed by atoms with Crippen LogP contribution in [0, 0.1) is 5.82 Å².